The third-order valence-corrected chi connectivity index (χ3v) is 1.93. The lowest BCUT2D eigenvalue weighted by Gasteiger charge is -2.09. The minimum atomic E-state index is -0.494. The summed E-state index contributed by atoms with van der Waals surface area (Å²) in [6.45, 7) is 4.02. The second kappa shape index (κ2) is 4.23. The number of ether oxygens (including phenoxy) is 1. The third kappa shape index (κ3) is 2.11. The molecular weight excluding hydrogens is 184 g/mol. The molecule has 78 valence electrons. The molecular formula is C9H14N2O3. The molecule has 0 saturated heterocycles. The highest BCUT2D eigenvalue weighted by Crippen LogP contribution is 2.12. The Bertz CT molecular complexity index is 417. The number of rotatable bonds is 3. The maximum atomic E-state index is 11.4. The Balaban J connectivity index is 3.36. The Morgan fingerprint density at radius 2 is 1.93 bits per heavy atom. The van der Waals surface area contributed by atoms with Gasteiger partial charge in [-0.2, -0.15) is 0 Å². The average Bonchev–Trinajstić information content (AvgIpc) is 2.01. The molecule has 0 atom stereocenters. The highest BCUT2D eigenvalue weighted by atomic mass is 16.5. The lowest BCUT2D eigenvalue weighted by atomic mass is 10.0. The molecule has 5 heteroatoms. The van der Waals surface area contributed by atoms with Crippen LogP contribution in [0.25, 0.3) is 0 Å². The van der Waals surface area contributed by atoms with Gasteiger partial charge in [-0.15, -0.1) is 0 Å². The fraction of sp³-hybridized carbons (Fsp3) is 0.556. The summed E-state index contributed by atoms with van der Waals surface area (Å²) in [5.74, 6) is 0.0562. The van der Waals surface area contributed by atoms with Crippen molar-refractivity contribution >= 4 is 0 Å². The fourth-order valence-electron chi connectivity index (χ4n) is 1.41. The normalized spacial score (nSPS) is 10.9. The summed E-state index contributed by atoms with van der Waals surface area (Å²) in [6.07, 6.45) is 0. The number of aromatic nitrogens is 2. The van der Waals surface area contributed by atoms with Gasteiger partial charge >= 0.3 is 5.69 Å². The maximum Gasteiger partial charge on any atom is 0.325 e. The molecule has 0 aliphatic carbocycles. The van der Waals surface area contributed by atoms with E-state index in [0.29, 0.717) is 11.3 Å². The summed E-state index contributed by atoms with van der Waals surface area (Å²) in [5, 5.41) is 0. The van der Waals surface area contributed by atoms with E-state index in [2.05, 4.69) is 9.97 Å². The van der Waals surface area contributed by atoms with E-state index in [1.54, 1.807) is 0 Å². The SMILES string of the molecule is COCc1[nH]c(=O)[nH]c(=O)c1C(C)C. The van der Waals surface area contributed by atoms with E-state index in [1.165, 1.54) is 7.11 Å². The predicted octanol–water partition coefficient (Wildman–Crippen LogP) is 0.333. The Morgan fingerprint density at radius 1 is 1.29 bits per heavy atom. The smallest absolute Gasteiger partial charge is 0.325 e. The molecule has 0 saturated carbocycles. The first-order chi connectivity index (χ1) is 6.56. The van der Waals surface area contributed by atoms with Gasteiger partial charge in [0.05, 0.1) is 12.3 Å². The van der Waals surface area contributed by atoms with Crippen molar-refractivity contribution in [2.24, 2.45) is 0 Å². The molecule has 1 heterocycles. The van der Waals surface area contributed by atoms with Crippen LogP contribution >= 0.6 is 0 Å². The zero-order valence-corrected chi connectivity index (χ0v) is 8.51. The van der Waals surface area contributed by atoms with Crippen molar-refractivity contribution in [1.29, 1.82) is 0 Å². The minimum absolute atomic E-state index is 0.0562. The Hall–Kier alpha value is -1.36. The standard InChI is InChI=1S/C9H14N2O3/c1-5(2)7-6(4-14-3)10-9(13)11-8(7)12/h5H,4H2,1-3H3,(H2,10,11,12,13). The second-order valence-electron chi connectivity index (χ2n) is 3.39. The van der Waals surface area contributed by atoms with Gasteiger partial charge in [0, 0.05) is 12.7 Å². The van der Waals surface area contributed by atoms with Gasteiger partial charge in [-0.1, -0.05) is 13.8 Å². The summed E-state index contributed by atoms with van der Waals surface area (Å²) >= 11 is 0. The van der Waals surface area contributed by atoms with Crippen molar-refractivity contribution in [3.05, 3.63) is 32.1 Å². The molecule has 1 rings (SSSR count). The summed E-state index contributed by atoms with van der Waals surface area (Å²) in [7, 11) is 1.52. The summed E-state index contributed by atoms with van der Waals surface area (Å²) in [6, 6.07) is 0. The van der Waals surface area contributed by atoms with Gasteiger partial charge in [0.15, 0.2) is 0 Å². The van der Waals surface area contributed by atoms with Gasteiger partial charge in [0.1, 0.15) is 0 Å². The van der Waals surface area contributed by atoms with Crippen LogP contribution in [0.2, 0.25) is 0 Å². The number of hydrogen-bond acceptors (Lipinski definition) is 3. The predicted molar refractivity (Wildman–Crippen MR) is 52.5 cm³/mol. The molecule has 0 radical (unpaired) electrons. The molecule has 0 aliphatic heterocycles. The lowest BCUT2D eigenvalue weighted by Crippen LogP contribution is -2.29. The van der Waals surface area contributed by atoms with Gasteiger partial charge in [-0.05, 0) is 5.92 Å². The largest absolute Gasteiger partial charge is 0.378 e. The van der Waals surface area contributed by atoms with E-state index in [9.17, 15) is 9.59 Å². The molecule has 0 unspecified atom stereocenters. The van der Waals surface area contributed by atoms with E-state index < -0.39 is 5.69 Å². The van der Waals surface area contributed by atoms with Gasteiger partial charge in [0.25, 0.3) is 5.56 Å². The van der Waals surface area contributed by atoms with Crippen LogP contribution in [0.1, 0.15) is 31.0 Å². The van der Waals surface area contributed by atoms with Crippen LogP contribution < -0.4 is 11.2 Å². The number of nitrogens with one attached hydrogen (secondary N) is 2. The molecule has 0 spiro atoms. The van der Waals surface area contributed by atoms with E-state index >= 15 is 0 Å². The molecule has 0 aromatic carbocycles. The Morgan fingerprint density at radius 3 is 2.43 bits per heavy atom. The molecule has 2 N–H and O–H groups in total. The van der Waals surface area contributed by atoms with Crippen molar-refractivity contribution < 1.29 is 4.74 Å². The summed E-state index contributed by atoms with van der Waals surface area (Å²) in [5.41, 5.74) is 0.296. The fourth-order valence-corrected chi connectivity index (χ4v) is 1.41. The van der Waals surface area contributed by atoms with Crippen LogP contribution in [-0.4, -0.2) is 17.1 Å². The zero-order valence-electron chi connectivity index (χ0n) is 8.51. The van der Waals surface area contributed by atoms with Crippen LogP contribution in [0.4, 0.5) is 0 Å². The highest BCUT2D eigenvalue weighted by molar-refractivity contribution is 5.19. The van der Waals surface area contributed by atoms with E-state index in [1.807, 2.05) is 13.8 Å². The van der Waals surface area contributed by atoms with Gasteiger partial charge in [-0.3, -0.25) is 9.78 Å². The van der Waals surface area contributed by atoms with Crippen LogP contribution in [-0.2, 0) is 11.3 Å². The lowest BCUT2D eigenvalue weighted by molar-refractivity contribution is 0.180. The van der Waals surface area contributed by atoms with E-state index in [4.69, 9.17) is 4.74 Å². The average molecular weight is 198 g/mol. The minimum Gasteiger partial charge on any atom is -0.378 e. The zero-order chi connectivity index (χ0) is 10.7. The van der Waals surface area contributed by atoms with Crippen molar-refractivity contribution in [2.45, 2.75) is 26.4 Å². The van der Waals surface area contributed by atoms with Gasteiger partial charge in [-0.25, -0.2) is 4.79 Å². The van der Waals surface area contributed by atoms with Crippen LogP contribution in [0.15, 0.2) is 9.59 Å². The first kappa shape index (κ1) is 10.7. The topological polar surface area (TPSA) is 75.0 Å². The number of aromatic amines is 2. The number of hydrogen-bond donors (Lipinski definition) is 2. The van der Waals surface area contributed by atoms with Crippen molar-refractivity contribution in [1.82, 2.24) is 9.97 Å². The first-order valence-electron chi connectivity index (χ1n) is 4.40. The molecule has 14 heavy (non-hydrogen) atoms. The monoisotopic (exact) mass is 198 g/mol. The quantitative estimate of drug-likeness (QED) is 0.735. The van der Waals surface area contributed by atoms with Crippen LogP contribution in [0.5, 0.6) is 0 Å². The maximum absolute atomic E-state index is 11.4. The van der Waals surface area contributed by atoms with E-state index in [0.717, 1.165) is 0 Å². The second-order valence-corrected chi connectivity index (χ2v) is 3.39. The molecule has 0 fully saturated rings. The van der Waals surface area contributed by atoms with Crippen molar-refractivity contribution in [3.63, 3.8) is 0 Å². The Labute approximate surface area is 81.1 Å². The van der Waals surface area contributed by atoms with Gasteiger partial charge < -0.3 is 9.72 Å². The van der Waals surface area contributed by atoms with Gasteiger partial charge in [0.2, 0.25) is 0 Å². The molecule has 0 amide bonds. The molecule has 5 nitrogen and oxygen atoms in total. The van der Waals surface area contributed by atoms with Crippen molar-refractivity contribution in [3.8, 4) is 0 Å². The molecule has 1 aromatic heterocycles. The van der Waals surface area contributed by atoms with Crippen LogP contribution in [0, 0.1) is 0 Å². The van der Waals surface area contributed by atoms with Crippen LogP contribution in [0.3, 0.4) is 0 Å². The number of methoxy groups -OCH3 is 1. The van der Waals surface area contributed by atoms with Crippen molar-refractivity contribution in [2.75, 3.05) is 7.11 Å². The highest BCUT2D eigenvalue weighted by Gasteiger charge is 2.12. The molecule has 0 aliphatic rings. The Kier molecular flexibility index (Phi) is 3.24. The molecule has 1 aromatic rings. The number of H-pyrrole nitrogens is 2. The van der Waals surface area contributed by atoms with E-state index in [-0.39, 0.29) is 18.1 Å². The summed E-state index contributed by atoms with van der Waals surface area (Å²) < 4.78 is 4.91. The molecule has 0 bridgehead atoms. The summed E-state index contributed by atoms with van der Waals surface area (Å²) in [4.78, 5) is 27.2. The third-order valence-electron chi connectivity index (χ3n) is 1.93. The first-order valence-corrected chi connectivity index (χ1v) is 4.40.